The van der Waals surface area contributed by atoms with E-state index in [2.05, 4.69) is 0 Å². The minimum Gasteiger partial charge on any atom is -0.478 e. The fourth-order valence-corrected chi connectivity index (χ4v) is 1.98. The summed E-state index contributed by atoms with van der Waals surface area (Å²) in [7, 11) is 1.69. The number of rotatable bonds is 4. The van der Waals surface area contributed by atoms with Crippen molar-refractivity contribution in [1.82, 2.24) is 4.90 Å². The molecule has 0 saturated carbocycles. The Morgan fingerprint density at radius 2 is 2.00 bits per heavy atom. The van der Waals surface area contributed by atoms with E-state index in [0.29, 0.717) is 19.8 Å². The third kappa shape index (κ3) is 3.55. The predicted octanol–water partition coefficient (Wildman–Crippen LogP) is 0.759. The number of hydrogen-bond acceptors (Lipinski definition) is 4. The first-order chi connectivity index (χ1) is 9.58. The highest BCUT2D eigenvalue weighted by molar-refractivity contribution is 5.87. The molecule has 1 heterocycles. The highest BCUT2D eigenvalue weighted by Gasteiger charge is 2.25. The zero-order valence-electron chi connectivity index (χ0n) is 11.2. The summed E-state index contributed by atoms with van der Waals surface area (Å²) >= 11 is 0. The summed E-state index contributed by atoms with van der Waals surface area (Å²) < 4.78 is 10.6. The number of aromatic carboxylic acids is 1. The Labute approximate surface area is 116 Å². The number of hydrogen-bond donors (Lipinski definition) is 1. The molecule has 0 unspecified atom stereocenters. The van der Waals surface area contributed by atoms with E-state index in [1.165, 1.54) is 12.1 Å². The number of likely N-dealkylation sites (N-methyl/N-ethyl adjacent to an activating group) is 1. The summed E-state index contributed by atoms with van der Waals surface area (Å²) in [5.74, 6) is -1.10. The maximum absolute atomic E-state index is 12.1. The van der Waals surface area contributed by atoms with Gasteiger partial charge in [-0.3, -0.25) is 4.79 Å². The van der Waals surface area contributed by atoms with Crippen molar-refractivity contribution in [2.75, 3.05) is 26.9 Å². The number of amides is 1. The van der Waals surface area contributed by atoms with Crippen LogP contribution in [0.3, 0.4) is 0 Å². The highest BCUT2D eigenvalue weighted by Crippen LogP contribution is 2.10. The molecule has 1 aromatic carbocycles. The summed E-state index contributed by atoms with van der Waals surface area (Å²) in [6.45, 7) is 1.63. The molecule has 6 heteroatoms. The van der Waals surface area contributed by atoms with Gasteiger partial charge in [-0.25, -0.2) is 4.79 Å². The van der Waals surface area contributed by atoms with Crippen molar-refractivity contribution in [2.45, 2.75) is 12.6 Å². The van der Waals surface area contributed by atoms with Crippen LogP contribution < -0.4 is 0 Å². The van der Waals surface area contributed by atoms with Crippen molar-refractivity contribution in [2.24, 2.45) is 0 Å². The molecule has 0 aliphatic carbocycles. The molecule has 1 amide bonds. The van der Waals surface area contributed by atoms with Crippen LogP contribution in [0.1, 0.15) is 15.9 Å². The Bertz CT molecular complexity index is 479. The Balaban J connectivity index is 1.94. The molecule has 1 N–H and O–H groups in total. The average Bonchev–Trinajstić information content (AvgIpc) is 2.48. The van der Waals surface area contributed by atoms with Gasteiger partial charge in [0, 0.05) is 13.6 Å². The number of carbonyl (C=O) groups is 2. The predicted molar refractivity (Wildman–Crippen MR) is 70.4 cm³/mol. The van der Waals surface area contributed by atoms with Gasteiger partial charge in [0.15, 0.2) is 6.10 Å². The molecule has 0 aromatic heterocycles. The van der Waals surface area contributed by atoms with Gasteiger partial charge in [0.1, 0.15) is 0 Å². The number of carbonyl (C=O) groups excluding carboxylic acids is 1. The second-order valence-corrected chi connectivity index (χ2v) is 4.63. The third-order valence-electron chi connectivity index (χ3n) is 3.09. The largest absolute Gasteiger partial charge is 0.478 e. The highest BCUT2D eigenvalue weighted by atomic mass is 16.6. The molecule has 0 bridgehead atoms. The first-order valence-corrected chi connectivity index (χ1v) is 6.34. The molecule has 6 nitrogen and oxygen atoms in total. The van der Waals surface area contributed by atoms with Gasteiger partial charge in [-0.1, -0.05) is 12.1 Å². The van der Waals surface area contributed by atoms with E-state index >= 15 is 0 Å². The number of benzene rings is 1. The monoisotopic (exact) mass is 279 g/mol. The van der Waals surface area contributed by atoms with Crippen LogP contribution in [-0.4, -0.2) is 54.9 Å². The van der Waals surface area contributed by atoms with Crippen LogP contribution in [0.4, 0.5) is 0 Å². The first kappa shape index (κ1) is 14.5. The lowest BCUT2D eigenvalue weighted by Gasteiger charge is -2.26. The Kier molecular flexibility index (Phi) is 4.70. The second kappa shape index (κ2) is 6.49. The Morgan fingerprint density at radius 1 is 1.30 bits per heavy atom. The van der Waals surface area contributed by atoms with E-state index in [0.717, 1.165) is 5.56 Å². The van der Waals surface area contributed by atoms with Gasteiger partial charge < -0.3 is 19.5 Å². The SMILES string of the molecule is CN(Cc1ccc(C(=O)O)cc1)C(=O)[C@@H]1COCCO1. The average molecular weight is 279 g/mol. The minimum absolute atomic E-state index is 0.132. The molecule has 1 fully saturated rings. The number of ether oxygens (including phenoxy) is 2. The molecule has 1 aromatic rings. The van der Waals surface area contributed by atoms with Crippen molar-refractivity contribution in [3.05, 3.63) is 35.4 Å². The quantitative estimate of drug-likeness (QED) is 0.880. The fourth-order valence-electron chi connectivity index (χ4n) is 1.98. The Morgan fingerprint density at radius 3 is 2.55 bits per heavy atom. The summed E-state index contributed by atoms with van der Waals surface area (Å²) in [6.07, 6.45) is -0.549. The van der Waals surface area contributed by atoms with Gasteiger partial charge in [-0.2, -0.15) is 0 Å². The molecule has 1 saturated heterocycles. The van der Waals surface area contributed by atoms with Crippen LogP contribution in [0.5, 0.6) is 0 Å². The molecule has 1 aliphatic heterocycles. The van der Waals surface area contributed by atoms with E-state index in [1.807, 2.05) is 0 Å². The van der Waals surface area contributed by atoms with E-state index < -0.39 is 12.1 Å². The molecule has 0 spiro atoms. The van der Waals surface area contributed by atoms with Crippen LogP contribution >= 0.6 is 0 Å². The van der Waals surface area contributed by atoms with Gasteiger partial charge in [-0.15, -0.1) is 0 Å². The van der Waals surface area contributed by atoms with Gasteiger partial charge in [0.05, 0.1) is 25.4 Å². The molecule has 1 aliphatic rings. The van der Waals surface area contributed by atoms with E-state index in [1.54, 1.807) is 24.1 Å². The zero-order chi connectivity index (χ0) is 14.5. The molecule has 2 rings (SSSR count). The van der Waals surface area contributed by atoms with E-state index in [9.17, 15) is 9.59 Å². The van der Waals surface area contributed by atoms with Crippen LogP contribution in [0.25, 0.3) is 0 Å². The van der Waals surface area contributed by atoms with Gasteiger partial charge in [0.2, 0.25) is 0 Å². The maximum atomic E-state index is 12.1. The van der Waals surface area contributed by atoms with Crippen LogP contribution in [0, 0.1) is 0 Å². The third-order valence-corrected chi connectivity index (χ3v) is 3.09. The fraction of sp³-hybridized carbons (Fsp3) is 0.429. The maximum Gasteiger partial charge on any atom is 0.335 e. The van der Waals surface area contributed by atoms with Crippen LogP contribution in [0.2, 0.25) is 0 Å². The first-order valence-electron chi connectivity index (χ1n) is 6.34. The zero-order valence-corrected chi connectivity index (χ0v) is 11.2. The van der Waals surface area contributed by atoms with Gasteiger partial charge in [0.25, 0.3) is 5.91 Å². The molecule has 108 valence electrons. The smallest absolute Gasteiger partial charge is 0.335 e. The molecule has 20 heavy (non-hydrogen) atoms. The number of carboxylic acids is 1. The summed E-state index contributed by atoms with van der Waals surface area (Å²) in [5.41, 5.74) is 1.09. The lowest BCUT2D eigenvalue weighted by Crippen LogP contribution is -2.43. The topological polar surface area (TPSA) is 76.1 Å². The molecular weight excluding hydrogens is 262 g/mol. The lowest BCUT2D eigenvalue weighted by molar-refractivity contribution is -0.157. The number of carboxylic acid groups (broad SMARTS) is 1. The summed E-state index contributed by atoms with van der Waals surface area (Å²) in [5, 5.41) is 8.82. The van der Waals surface area contributed by atoms with Crippen molar-refractivity contribution in [1.29, 1.82) is 0 Å². The van der Waals surface area contributed by atoms with E-state index in [4.69, 9.17) is 14.6 Å². The van der Waals surface area contributed by atoms with Crippen molar-refractivity contribution < 1.29 is 24.2 Å². The van der Waals surface area contributed by atoms with Gasteiger partial charge >= 0.3 is 5.97 Å². The lowest BCUT2D eigenvalue weighted by atomic mass is 10.1. The van der Waals surface area contributed by atoms with Crippen molar-refractivity contribution in [3.63, 3.8) is 0 Å². The van der Waals surface area contributed by atoms with Crippen molar-refractivity contribution in [3.8, 4) is 0 Å². The van der Waals surface area contributed by atoms with Crippen LogP contribution in [0.15, 0.2) is 24.3 Å². The molecule has 1 atom stereocenters. The van der Waals surface area contributed by atoms with Crippen LogP contribution in [-0.2, 0) is 20.8 Å². The summed E-state index contributed by atoms with van der Waals surface area (Å²) in [4.78, 5) is 24.4. The summed E-state index contributed by atoms with van der Waals surface area (Å²) in [6, 6.07) is 6.45. The molecule has 0 radical (unpaired) electrons. The van der Waals surface area contributed by atoms with Crippen molar-refractivity contribution >= 4 is 11.9 Å². The number of nitrogens with zero attached hydrogens (tertiary/aromatic N) is 1. The van der Waals surface area contributed by atoms with E-state index in [-0.39, 0.29) is 18.1 Å². The second-order valence-electron chi connectivity index (χ2n) is 4.63. The van der Waals surface area contributed by atoms with Gasteiger partial charge in [-0.05, 0) is 17.7 Å². The standard InChI is InChI=1S/C14H17NO5/c1-15(13(16)12-9-19-6-7-20-12)8-10-2-4-11(5-3-10)14(17)18/h2-5,12H,6-9H2,1H3,(H,17,18)/t12-/m0/s1. The Hall–Kier alpha value is -1.92. The molecular formula is C14H17NO5. The normalized spacial score (nSPS) is 18.6. The minimum atomic E-state index is -0.964.